The number of fused-ring (bicyclic) bond motifs is 1. The second kappa shape index (κ2) is 6.88. The van der Waals surface area contributed by atoms with Gasteiger partial charge in [-0.1, -0.05) is 0 Å². The Morgan fingerprint density at radius 1 is 1.23 bits per heavy atom. The molecule has 2 amide bonds. The highest BCUT2D eigenvalue weighted by Gasteiger charge is 2.27. The number of sulfonamides is 1. The molecule has 140 valence electrons. The van der Waals surface area contributed by atoms with Crippen LogP contribution < -0.4 is 10.0 Å². The summed E-state index contributed by atoms with van der Waals surface area (Å²) in [6.45, 7) is 1.03. The molecular formula is C17H21N3O4S2. The number of carbonyl (C=O) groups excluding carboxylic acids is 2. The van der Waals surface area contributed by atoms with Gasteiger partial charge < -0.3 is 10.6 Å². The smallest absolute Gasteiger partial charge is 0.263 e. The largest absolute Gasteiger partial charge is 0.369 e. The molecule has 7 nitrogen and oxygen atoms in total. The fraction of sp³-hybridized carbons (Fsp3) is 0.412. The summed E-state index contributed by atoms with van der Waals surface area (Å²) in [5.41, 5.74) is 5.89. The summed E-state index contributed by atoms with van der Waals surface area (Å²) in [6, 6.07) is 7.12. The van der Waals surface area contributed by atoms with E-state index in [1.54, 1.807) is 23.1 Å². The minimum absolute atomic E-state index is 0.0628. The standard InChI is InChI=1S/C17H21N3O4S2/c1-19(26(2,23)24)13-3-4-14-12(9-13)10-15(25-14)17(22)20-7-5-11(6-8-20)16(18)21/h3-4,9-11H,5-8H2,1-2H3,(H2,18,21). The van der Waals surface area contributed by atoms with Gasteiger partial charge in [0.2, 0.25) is 15.9 Å². The molecule has 1 aliphatic rings. The molecule has 1 aromatic heterocycles. The average Bonchev–Trinajstić information content (AvgIpc) is 3.02. The van der Waals surface area contributed by atoms with Crippen molar-refractivity contribution >= 4 is 48.9 Å². The Hall–Kier alpha value is -2.13. The van der Waals surface area contributed by atoms with Crippen LogP contribution in [-0.4, -0.2) is 51.5 Å². The highest BCUT2D eigenvalue weighted by Crippen LogP contribution is 2.31. The van der Waals surface area contributed by atoms with Crippen molar-refractivity contribution in [1.29, 1.82) is 0 Å². The monoisotopic (exact) mass is 395 g/mol. The third-order valence-electron chi connectivity index (χ3n) is 4.76. The van der Waals surface area contributed by atoms with Crippen LogP contribution in [0.4, 0.5) is 5.69 Å². The van der Waals surface area contributed by atoms with Gasteiger partial charge in [0.05, 0.1) is 16.8 Å². The molecular weight excluding hydrogens is 374 g/mol. The zero-order chi connectivity index (χ0) is 19.1. The molecule has 0 spiro atoms. The first-order valence-electron chi connectivity index (χ1n) is 8.23. The number of thiophene rings is 1. The van der Waals surface area contributed by atoms with Crippen LogP contribution in [0.3, 0.4) is 0 Å². The lowest BCUT2D eigenvalue weighted by Crippen LogP contribution is -2.41. The molecule has 1 aliphatic heterocycles. The van der Waals surface area contributed by atoms with Crippen molar-refractivity contribution in [3.63, 3.8) is 0 Å². The van der Waals surface area contributed by atoms with Crippen LogP contribution in [0, 0.1) is 5.92 Å². The summed E-state index contributed by atoms with van der Waals surface area (Å²) in [5, 5.41) is 0.832. The molecule has 0 atom stereocenters. The SMILES string of the molecule is CN(c1ccc2sc(C(=O)N3CCC(C(N)=O)CC3)cc2c1)S(C)(=O)=O. The molecule has 2 aromatic rings. The van der Waals surface area contributed by atoms with Crippen molar-refractivity contribution < 1.29 is 18.0 Å². The molecule has 1 fully saturated rings. The van der Waals surface area contributed by atoms with Gasteiger partial charge in [0.15, 0.2) is 0 Å². The van der Waals surface area contributed by atoms with Crippen LogP contribution in [0.15, 0.2) is 24.3 Å². The Morgan fingerprint density at radius 3 is 2.46 bits per heavy atom. The van der Waals surface area contributed by atoms with E-state index >= 15 is 0 Å². The van der Waals surface area contributed by atoms with E-state index in [4.69, 9.17) is 5.73 Å². The van der Waals surface area contributed by atoms with E-state index < -0.39 is 10.0 Å². The second-order valence-electron chi connectivity index (χ2n) is 6.53. The van der Waals surface area contributed by atoms with Crippen LogP contribution in [-0.2, 0) is 14.8 Å². The summed E-state index contributed by atoms with van der Waals surface area (Å²) < 4.78 is 25.5. The number of nitrogens with zero attached hydrogens (tertiary/aromatic N) is 2. The van der Waals surface area contributed by atoms with Crippen LogP contribution in [0.5, 0.6) is 0 Å². The van der Waals surface area contributed by atoms with Gasteiger partial charge in [0, 0.05) is 30.8 Å². The molecule has 0 saturated carbocycles. The lowest BCUT2D eigenvalue weighted by Gasteiger charge is -2.30. The maximum absolute atomic E-state index is 12.7. The number of anilines is 1. The zero-order valence-corrected chi connectivity index (χ0v) is 16.3. The van der Waals surface area contributed by atoms with E-state index in [0.29, 0.717) is 36.5 Å². The highest BCUT2D eigenvalue weighted by molar-refractivity contribution is 7.92. The quantitative estimate of drug-likeness (QED) is 0.850. The van der Waals surface area contributed by atoms with E-state index in [1.165, 1.54) is 22.7 Å². The molecule has 1 saturated heterocycles. The molecule has 9 heteroatoms. The summed E-state index contributed by atoms with van der Waals surface area (Å²) >= 11 is 1.38. The minimum atomic E-state index is -3.34. The van der Waals surface area contributed by atoms with Gasteiger partial charge >= 0.3 is 0 Å². The molecule has 26 heavy (non-hydrogen) atoms. The summed E-state index contributed by atoms with van der Waals surface area (Å²) in [4.78, 5) is 26.3. The van der Waals surface area contributed by atoms with Crippen molar-refractivity contribution in [3.05, 3.63) is 29.1 Å². The Balaban J connectivity index is 1.81. The molecule has 2 heterocycles. The topological polar surface area (TPSA) is 101 Å². The van der Waals surface area contributed by atoms with Crippen molar-refractivity contribution in [2.45, 2.75) is 12.8 Å². The van der Waals surface area contributed by atoms with Crippen molar-refractivity contribution in [1.82, 2.24) is 4.90 Å². The Kier molecular flexibility index (Phi) is 4.94. The normalized spacial score (nSPS) is 16.0. The molecule has 0 radical (unpaired) electrons. The van der Waals surface area contributed by atoms with Gasteiger partial charge in [-0.25, -0.2) is 8.42 Å². The predicted octanol–water partition coefficient (Wildman–Crippen LogP) is 1.63. The Bertz CT molecular complexity index is 960. The van der Waals surface area contributed by atoms with E-state index in [0.717, 1.165) is 16.3 Å². The van der Waals surface area contributed by atoms with E-state index in [-0.39, 0.29) is 17.7 Å². The maximum Gasteiger partial charge on any atom is 0.263 e. The number of primary amides is 1. The van der Waals surface area contributed by atoms with Crippen molar-refractivity contribution in [3.8, 4) is 0 Å². The fourth-order valence-electron chi connectivity index (χ4n) is 3.05. The molecule has 0 bridgehead atoms. The van der Waals surface area contributed by atoms with Crippen molar-refractivity contribution in [2.24, 2.45) is 11.7 Å². The number of hydrogen-bond donors (Lipinski definition) is 1. The summed E-state index contributed by atoms with van der Waals surface area (Å²) in [6.07, 6.45) is 2.33. The number of carbonyl (C=O) groups is 2. The Morgan fingerprint density at radius 2 is 1.88 bits per heavy atom. The second-order valence-corrected chi connectivity index (χ2v) is 9.63. The average molecular weight is 396 g/mol. The van der Waals surface area contributed by atoms with Crippen LogP contribution in [0.1, 0.15) is 22.5 Å². The minimum Gasteiger partial charge on any atom is -0.369 e. The first kappa shape index (κ1) is 18.7. The third kappa shape index (κ3) is 3.68. The van der Waals surface area contributed by atoms with Crippen molar-refractivity contribution in [2.75, 3.05) is 30.7 Å². The van der Waals surface area contributed by atoms with Crippen LogP contribution in [0.25, 0.3) is 10.1 Å². The first-order valence-corrected chi connectivity index (χ1v) is 10.9. The van der Waals surface area contributed by atoms with E-state index in [9.17, 15) is 18.0 Å². The number of hydrogen-bond acceptors (Lipinski definition) is 5. The van der Waals surface area contributed by atoms with E-state index in [1.807, 2.05) is 6.07 Å². The zero-order valence-electron chi connectivity index (χ0n) is 14.6. The van der Waals surface area contributed by atoms with Gasteiger partial charge in [0.25, 0.3) is 5.91 Å². The number of nitrogens with two attached hydrogens (primary N) is 1. The fourth-order valence-corrected chi connectivity index (χ4v) is 4.55. The maximum atomic E-state index is 12.7. The number of likely N-dealkylation sites (tertiary alicyclic amines) is 1. The van der Waals surface area contributed by atoms with Gasteiger partial charge in [0.1, 0.15) is 0 Å². The number of benzene rings is 1. The number of rotatable bonds is 4. The molecule has 1 aromatic carbocycles. The highest BCUT2D eigenvalue weighted by atomic mass is 32.2. The third-order valence-corrected chi connectivity index (χ3v) is 7.07. The molecule has 0 aliphatic carbocycles. The van der Waals surface area contributed by atoms with Gasteiger partial charge in [-0.2, -0.15) is 0 Å². The molecule has 0 unspecified atom stereocenters. The van der Waals surface area contributed by atoms with Crippen LogP contribution in [0.2, 0.25) is 0 Å². The van der Waals surface area contributed by atoms with Gasteiger partial charge in [-0.15, -0.1) is 11.3 Å². The summed E-state index contributed by atoms with van der Waals surface area (Å²) in [7, 11) is -1.84. The number of piperidine rings is 1. The lowest BCUT2D eigenvalue weighted by atomic mass is 9.96. The molecule has 2 N–H and O–H groups in total. The van der Waals surface area contributed by atoms with E-state index in [2.05, 4.69) is 0 Å². The molecule has 3 rings (SSSR count). The van der Waals surface area contributed by atoms with Gasteiger partial charge in [-0.05, 0) is 42.5 Å². The first-order chi connectivity index (χ1) is 12.2. The van der Waals surface area contributed by atoms with Gasteiger partial charge in [-0.3, -0.25) is 13.9 Å². The number of amides is 2. The summed E-state index contributed by atoms with van der Waals surface area (Å²) in [5.74, 6) is -0.524. The predicted molar refractivity (Wildman–Crippen MR) is 103 cm³/mol. The lowest BCUT2D eigenvalue weighted by molar-refractivity contribution is -0.123. The Labute approximate surface area is 156 Å². The van der Waals surface area contributed by atoms with Crippen LogP contribution >= 0.6 is 11.3 Å².